The molecule has 3 nitrogen and oxygen atoms in total. The normalized spacial score (nSPS) is 18.1. The van der Waals surface area contributed by atoms with Gasteiger partial charge in [0, 0.05) is 43.6 Å². The van der Waals surface area contributed by atoms with E-state index >= 15 is 0 Å². The molecule has 1 aliphatic rings. The molecule has 2 heterocycles. The molecule has 0 aromatic carbocycles. The van der Waals surface area contributed by atoms with E-state index in [-0.39, 0.29) is 5.54 Å². The molecule has 2 rings (SSSR count). The van der Waals surface area contributed by atoms with Gasteiger partial charge in [-0.3, -0.25) is 9.88 Å². The summed E-state index contributed by atoms with van der Waals surface area (Å²) in [4.78, 5) is 9.19. The van der Waals surface area contributed by atoms with Gasteiger partial charge in [-0.2, -0.15) is 0 Å². The van der Waals surface area contributed by atoms with Crippen molar-refractivity contribution in [1.29, 1.82) is 0 Å². The highest BCUT2D eigenvalue weighted by Gasteiger charge is 2.25. The maximum Gasteiger partial charge on any atom is 0.0648 e. The zero-order valence-corrected chi connectivity index (χ0v) is 12.2. The van der Waals surface area contributed by atoms with Gasteiger partial charge in [-0.05, 0) is 32.9 Å². The number of halogens is 1. The van der Waals surface area contributed by atoms with Crippen molar-refractivity contribution >= 4 is 17.3 Å². The van der Waals surface area contributed by atoms with Gasteiger partial charge in [0.25, 0.3) is 0 Å². The predicted molar refractivity (Wildman–Crippen MR) is 77.3 cm³/mol. The number of alkyl halides is 1. The van der Waals surface area contributed by atoms with E-state index in [1.54, 1.807) is 0 Å². The highest BCUT2D eigenvalue weighted by atomic mass is 35.5. The molecule has 0 amide bonds. The van der Waals surface area contributed by atoms with Crippen molar-refractivity contribution < 1.29 is 0 Å². The van der Waals surface area contributed by atoms with Crippen LogP contribution in [0.15, 0.2) is 18.3 Å². The molecule has 0 spiro atoms. The van der Waals surface area contributed by atoms with Crippen molar-refractivity contribution in [2.75, 3.05) is 31.1 Å². The summed E-state index contributed by atoms with van der Waals surface area (Å²) < 4.78 is 0. The number of pyridine rings is 1. The number of rotatable bonds is 2. The fourth-order valence-electron chi connectivity index (χ4n) is 2.37. The Morgan fingerprint density at radius 1 is 1.22 bits per heavy atom. The van der Waals surface area contributed by atoms with Gasteiger partial charge in [0.1, 0.15) is 0 Å². The molecule has 0 saturated carbocycles. The summed E-state index contributed by atoms with van der Waals surface area (Å²) in [6.45, 7) is 11.2. The third-order valence-corrected chi connectivity index (χ3v) is 3.80. The number of hydrogen-bond donors (Lipinski definition) is 0. The molecule has 0 radical (unpaired) electrons. The predicted octanol–water partition coefficient (Wildman–Crippen LogP) is 2.74. The Balaban J connectivity index is 2.01. The topological polar surface area (TPSA) is 19.4 Å². The molecule has 0 N–H and O–H groups in total. The summed E-state index contributed by atoms with van der Waals surface area (Å²) >= 11 is 5.83. The smallest absolute Gasteiger partial charge is 0.0648 e. The lowest BCUT2D eigenvalue weighted by molar-refractivity contribution is 0.128. The Kier molecular flexibility index (Phi) is 4.13. The van der Waals surface area contributed by atoms with Gasteiger partial charge in [-0.1, -0.05) is 0 Å². The van der Waals surface area contributed by atoms with Crippen molar-refractivity contribution in [2.45, 2.75) is 32.2 Å². The maximum atomic E-state index is 5.83. The van der Waals surface area contributed by atoms with Gasteiger partial charge in [0.05, 0.1) is 11.6 Å². The monoisotopic (exact) mass is 267 g/mol. The van der Waals surface area contributed by atoms with Crippen LogP contribution in [0.2, 0.25) is 0 Å². The summed E-state index contributed by atoms with van der Waals surface area (Å²) in [5.74, 6) is 0.482. The second-order valence-corrected chi connectivity index (χ2v) is 6.05. The van der Waals surface area contributed by atoms with E-state index in [1.165, 1.54) is 5.69 Å². The molecule has 1 saturated heterocycles. The van der Waals surface area contributed by atoms with E-state index in [0.29, 0.717) is 5.88 Å². The quantitative estimate of drug-likeness (QED) is 0.768. The first kappa shape index (κ1) is 13.6. The van der Waals surface area contributed by atoms with Crippen LogP contribution in [0.25, 0.3) is 0 Å². The first-order valence-corrected chi connectivity index (χ1v) is 7.05. The van der Waals surface area contributed by atoms with Crippen LogP contribution in [-0.4, -0.2) is 41.6 Å². The minimum absolute atomic E-state index is 0.269. The van der Waals surface area contributed by atoms with Crippen LogP contribution in [0.5, 0.6) is 0 Å². The molecular formula is C14H22ClN3. The number of anilines is 1. The van der Waals surface area contributed by atoms with E-state index in [9.17, 15) is 0 Å². The SMILES string of the molecule is CC(C)(C)N1CCN(c2ccnc(CCl)c2)CC1. The third-order valence-electron chi connectivity index (χ3n) is 3.53. The van der Waals surface area contributed by atoms with Gasteiger partial charge in [-0.15, -0.1) is 11.6 Å². The van der Waals surface area contributed by atoms with Crippen LogP contribution >= 0.6 is 11.6 Å². The van der Waals surface area contributed by atoms with Crippen molar-refractivity contribution in [3.05, 3.63) is 24.0 Å². The lowest BCUT2D eigenvalue weighted by Gasteiger charge is -2.43. The standard InChI is InChI=1S/C14H22ClN3/c1-14(2,3)18-8-6-17(7-9-18)13-4-5-16-12(10-13)11-15/h4-5,10H,6-9,11H2,1-3H3. The molecule has 100 valence electrons. The molecule has 1 fully saturated rings. The average molecular weight is 268 g/mol. The molecule has 0 bridgehead atoms. The number of piperazine rings is 1. The van der Waals surface area contributed by atoms with Crippen molar-refractivity contribution in [2.24, 2.45) is 0 Å². The summed E-state index contributed by atoms with van der Waals surface area (Å²) in [5, 5.41) is 0. The van der Waals surface area contributed by atoms with Crippen LogP contribution in [-0.2, 0) is 5.88 Å². The van der Waals surface area contributed by atoms with E-state index < -0.39 is 0 Å². The second kappa shape index (κ2) is 5.45. The van der Waals surface area contributed by atoms with Crippen LogP contribution in [0.4, 0.5) is 5.69 Å². The minimum Gasteiger partial charge on any atom is -0.369 e. The Morgan fingerprint density at radius 3 is 2.44 bits per heavy atom. The molecular weight excluding hydrogens is 246 g/mol. The molecule has 4 heteroatoms. The summed E-state index contributed by atoms with van der Waals surface area (Å²) in [5.41, 5.74) is 2.47. The number of aromatic nitrogens is 1. The molecule has 1 aromatic rings. The molecule has 1 aliphatic heterocycles. The Bertz CT molecular complexity index is 392. The van der Waals surface area contributed by atoms with Crippen molar-refractivity contribution in [3.8, 4) is 0 Å². The number of nitrogens with zero attached hydrogens (tertiary/aromatic N) is 3. The number of hydrogen-bond acceptors (Lipinski definition) is 3. The first-order valence-electron chi connectivity index (χ1n) is 6.51. The Hall–Kier alpha value is -0.800. The Labute approximate surface area is 115 Å². The van der Waals surface area contributed by atoms with Crippen LogP contribution in [0.1, 0.15) is 26.5 Å². The summed E-state index contributed by atoms with van der Waals surface area (Å²) in [6, 6.07) is 4.17. The molecule has 18 heavy (non-hydrogen) atoms. The molecule has 0 unspecified atom stereocenters. The van der Waals surface area contributed by atoms with E-state index in [4.69, 9.17) is 11.6 Å². The summed E-state index contributed by atoms with van der Waals surface area (Å²) in [6.07, 6.45) is 1.85. The van der Waals surface area contributed by atoms with Gasteiger partial charge in [-0.25, -0.2) is 0 Å². The first-order chi connectivity index (χ1) is 8.50. The second-order valence-electron chi connectivity index (χ2n) is 5.78. The lowest BCUT2D eigenvalue weighted by Crippen LogP contribution is -2.53. The zero-order valence-electron chi connectivity index (χ0n) is 11.5. The van der Waals surface area contributed by atoms with E-state index in [1.807, 2.05) is 6.20 Å². The van der Waals surface area contributed by atoms with Gasteiger partial charge >= 0.3 is 0 Å². The fourth-order valence-corrected chi connectivity index (χ4v) is 2.52. The minimum atomic E-state index is 0.269. The van der Waals surface area contributed by atoms with Crippen LogP contribution in [0, 0.1) is 0 Å². The lowest BCUT2D eigenvalue weighted by atomic mass is 10.0. The Morgan fingerprint density at radius 2 is 1.89 bits per heavy atom. The van der Waals surface area contributed by atoms with E-state index in [2.05, 4.69) is 47.7 Å². The van der Waals surface area contributed by atoms with Gasteiger partial charge in [0.2, 0.25) is 0 Å². The van der Waals surface area contributed by atoms with Crippen molar-refractivity contribution in [1.82, 2.24) is 9.88 Å². The van der Waals surface area contributed by atoms with Crippen molar-refractivity contribution in [3.63, 3.8) is 0 Å². The van der Waals surface area contributed by atoms with Gasteiger partial charge < -0.3 is 4.90 Å². The maximum absolute atomic E-state index is 5.83. The largest absolute Gasteiger partial charge is 0.369 e. The highest BCUT2D eigenvalue weighted by Crippen LogP contribution is 2.21. The van der Waals surface area contributed by atoms with Crippen LogP contribution < -0.4 is 4.90 Å². The highest BCUT2D eigenvalue weighted by molar-refractivity contribution is 6.16. The van der Waals surface area contributed by atoms with Crippen LogP contribution in [0.3, 0.4) is 0 Å². The third kappa shape index (κ3) is 3.15. The van der Waals surface area contributed by atoms with Gasteiger partial charge in [0.15, 0.2) is 0 Å². The van der Waals surface area contributed by atoms with E-state index in [0.717, 1.165) is 31.9 Å². The molecule has 1 aromatic heterocycles. The zero-order chi connectivity index (χ0) is 13.2. The summed E-state index contributed by atoms with van der Waals surface area (Å²) in [7, 11) is 0. The molecule has 0 atom stereocenters. The average Bonchev–Trinajstić information content (AvgIpc) is 2.38. The molecule has 0 aliphatic carbocycles. The fraction of sp³-hybridized carbons (Fsp3) is 0.643.